The van der Waals surface area contributed by atoms with Crippen LogP contribution in [-0.4, -0.2) is 24.8 Å². The molecule has 2 aliphatic heterocycles. The third-order valence-corrected chi connectivity index (χ3v) is 3.42. The van der Waals surface area contributed by atoms with Gasteiger partial charge in [-0.1, -0.05) is 0 Å². The van der Waals surface area contributed by atoms with Gasteiger partial charge >= 0.3 is 12.0 Å². The minimum absolute atomic E-state index is 0.160. The minimum atomic E-state index is -0.702. The van der Waals surface area contributed by atoms with Crippen LogP contribution < -0.4 is 15.4 Å². The number of amides is 2. The Balaban J connectivity index is 2.04. The molecule has 6 nitrogen and oxygen atoms in total. The summed E-state index contributed by atoms with van der Waals surface area (Å²) in [5.41, 5.74) is 0.545. The second-order valence-electron chi connectivity index (χ2n) is 4.93. The molecule has 19 heavy (non-hydrogen) atoms. The van der Waals surface area contributed by atoms with E-state index in [0.717, 1.165) is 5.56 Å². The van der Waals surface area contributed by atoms with Crippen LogP contribution in [0.15, 0.2) is 18.2 Å². The zero-order valence-corrected chi connectivity index (χ0v) is 10.6. The van der Waals surface area contributed by atoms with Gasteiger partial charge in [0.2, 0.25) is 0 Å². The Morgan fingerprint density at radius 1 is 1.53 bits per heavy atom. The van der Waals surface area contributed by atoms with E-state index in [4.69, 9.17) is 9.47 Å². The van der Waals surface area contributed by atoms with Gasteiger partial charge in [0.05, 0.1) is 18.7 Å². The molecule has 2 atom stereocenters. The van der Waals surface area contributed by atoms with Crippen molar-refractivity contribution in [2.24, 2.45) is 0 Å². The molecule has 1 fully saturated rings. The van der Waals surface area contributed by atoms with Crippen molar-refractivity contribution in [3.63, 3.8) is 0 Å². The number of fused-ring (bicyclic) bond motifs is 4. The monoisotopic (exact) mass is 262 g/mol. The number of carbonyl (C=O) groups is 2. The molecule has 2 amide bonds. The van der Waals surface area contributed by atoms with Crippen LogP contribution in [0.5, 0.6) is 5.75 Å². The number of methoxy groups -OCH3 is 1. The smallest absolute Gasteiger partial charge is 0.337 e. The van der Waals surface area contributed by atoms with Crippen molar-refractivity contribution >= 4 is 12.0 Å². The summed E-state index contributed by atoms with van der Waals surface area (Å²) in [5.74, 6) is 0.260. The van der Waals surface area contributed by atoms with E-state index in [1.807, 2.05) is 6.92 Å². The number of benzene rings is 1. The number of nitrogens with one attached hydrogen (secondary N) is 2. The third-order valence-electron chi connectivity index (χ3n) is 3.42. The van der Waals surface area contributed by atoms with Gasteiger partial charge < -0.3 is 20.1 Å². The molecule has 1 saturated heterocycles. The Bertz CT molecular complexity index is 572. The first kappa shape index (κ1) is 11.8. The Morgan fingerprint density at radius 3 is 3.05 bits per heavy atom. The number of rotatable bonds is 1. The van der Waals surface area contributed by atoms with E-state index in [9.17, 15) is 9.59 Å². The van der Waals surface area contributed by atoms with E-state index in [1.165, 1.54) is 7.11 Å². The van der Waals surface area contributed by atoms with Crippen LogP contribution in [0, 0.1) is 0 Å². The Morgan fingerprint density at radius 2 is 2.32 bits per heavy atom. The molecule has 1 aromatic carbocycles. The molecular weight excluding hydrogens is 248 g/mol. The molecule has 0 unspecified atom stereocenters. The molecular formula is C13H14N2O4. The molecule has 0 aliphatic carbocycles. The molecule has 2 heterocycles. The summed E-state index contributed by atoms with van der Waals surface area (Å²) in [6.07, 6.45) is 0.608. The number of hydrogen-bond donors (Lipinski definition) is 2. The predicted octanol–water partition coefficient (Wildman–Crippen LogP) is 1.33. The quantitative estimate of drug-likeness (QED) is 0.748. The van der Waals surface area contributed by atoms with Crippen molar-refractivity contribution in [2.75, 3.05) is 7.11 Å². The summed E-state index contributed by atoms with van der Waals surface area (Å²) < 4.78 is 10.5. The molecule has 2 aliphatic rings. The second kappa shape index (κ2) is 3.88. The van der Waals surface area contributed by atoms with Gasteiger partial charge in [-0.3, -0.25) is 0 Å². The lowest BCUT2D eigenvalue weighted by molar-refractivity contribution is 0.0118. The third kappa shape index (κ3) is 1.89. The van der Waals surface area contributed by atoms with Crippen molar-refractivity contribution in [3.05, 3.63) is 29.3 Å². The van der Waals surface area contributed by atoms with Gasteiger partial charge in [-0.2, -0.15) is 0 Å². The molecule has 0 saturated carbocycles. The molecule has 2 bridgehead atoms. The lowest BCUT2D eigenvalue weighted by Gasteiger charge is -2.44. The van der Waals surface area contributed by atoms with Gasteiger partial charge in [-0.15, -0.1) is 0 Å². The highest BCUT2D eigenvalue weighted by molar-refractivity contribution is 5.90. The average molecular weight is 262 g/mol. The molecule has 100 valence electrons. The largest absolute Gasteiger partial charge is 0.468 e. The number of hydrogen-bond acceptors (Lipinski definition) is 4. The molecule has 3 rings (SSSR count). The van der Waals surface area contributed by atoms with E-state index in [-0.39, 0.29) is 12.1 Å². The highest BCUT2D eigenvalue weighted by atomic mass is 16.5. The summed E-state index contributed by atoms with van der Waals surface area (Å²) >= 11 is 0. The van der Waals surface area contributed by atoms with E-state index in [1.54, 1.807) is 18.2 Å². The fourth-order valence-corrected chi connectivity index (χ4v) is 2.58. The van der Waals surface area contributed by atoms with Crippen LogP contribution in [-0.2, 0) is 4.74 Å². The van der Waals surface area contributed by atoms with Gasteiger partial charge in [0.1, 0.15) is 5.75 Å². The van der Waals surface area contributed by atoms with Crippen molar-refractivity contribution in [1.82, 2.24) is 10.6 Å². The predicted molar refractivity (Wildman–Crippen MR) is 65.8 cm³/mol. The fourth-order valence-electron chi connectivity index (χ4n) is 2.58. The zero-order chi connectivity index (χ0) is 13.6. The Labute approximate surface area is 110 Å². The summed E-state index contributed by atoms with van der Waals surface area (Å²) in [6.45, 7) is 1.83. The van der Waals surface area contributed by atoms with Crippen LogP contribution in [0.1, 0.15) is 35.3 Å². The Hall–Kier alpha value is -2.24. The first-order chi connectivity index (χ1) is 9.00. The van der Waals surface area contributed by atoms with E-state index < -0.39 is 11.7 Å². The molecule has 0 radical (unpaired) electrons. The van der Waals surface area contributed by atoms with E-state index >= 15 is 0 Å². The van der Waals surface area contributed by atoms with E-state index in [0.29, 0.717) is 17.7 Å². The van der Waals surface area contributed by atoms with Crippen molar-refractivity contribution in [2.45, 2.75) is 25.1 Å². The van der Waals surface area contributed by atoms with Crippen molar-refractivity contribution in [3.8, 4) is 5.75 Å². The minimum Gasteiger partial charge on any atom is -0.468 e. The average Bonchev–Trinajstić information content (AvgIpc) is 2.36. The van der Waals surface area contributed by atoms with Gasteiger partial charge in [0, 0.05) is 12.0 Å². The first-order valence-corrected chi connectivity index (χ1v) is 6.01. The van der Waals surface area contributed by atoms with Crippen LogP contribution in [0.2, 0.25) is 0 Å². The van der Waals surface area contributed by atoms with Crippen molar-refractivity contribution in [1.29, 1.82) is 0 Å². The highest BCUT2D eigenvalue weighted by Gasteiger charge is 2.43. The maximum atomic E-state index is 11.6. The van der Waals surface area contributed by atoms with Gasteiger partial charge in [-0.25, -0.2) is 9.59 Å². The van der Waals surface area contributed by atoms with Crippen LogP contribution in [0.4, 0.5) is 4.79 Å². The normalized spacial score (nSPS) is 27.5. The SMILES string of the molecule is COC(=O)c1ccc2c(c1)[C@H]1C[C@](C)(NC(=O)N1)O2. The second-order valence-corrected chi connectivity index (χ2v) is 4.93. The lowest BCUT2D eigenvalue weighted by Crippen LogP contribution is -2.62. The van der Waals surface area contributed by atoms with E-state index in [2.05, 4.69) is 10.6 Å². The number of ether oxygens (including phenoxy) is 2. The van der Waals surface area contributed by atoms with Crippen LogP contribution in [0.3, 0.4) is 0 Å². The molecule has 0 spiro atoms. The number of urea groups is 1. The number of carbonyl (C=O) groups excluding carboxylic acids is 2. The number of esters is 1. The maximum Gasteiger partial charge on any atom is 0.337 e. The van der Waals surface area contributed by atoms with Crippen LogP contribution >= 0.6 is 0 Å². The van der Waals surface area contributed by atoms with Gasteiger partial charge in [0.15, 0.2) is 5.72 Å². The summed E-state index contributed by atoms with van der Waals surface area (Å²) in [7, 11) is 1.33. The molecule has 2 N–H and O–H groups in total. The Kier molecular flexibility index (Phi) is 2.41. The molecule has 0 aromatic heterocycles. The lowest BCUT2D eigenvalue weighted by atomic mass is 9.91. The van der Waals surface area contributed by atoms with Crippen LogP contribution in [0.25, 0.3) is 0 Å². The van der Waals surface area contributed by atoms with Gasteiger partial charge in [-0.05, 0) is 25.1 Å². The fraction of sp³-hybridized carbons (Fsp3) is 0.385. The standard InChI is InChI=1S/C13H14N2O4/c1-13-6-9(14-12(17)15-13)8-5-7(11(16)18-2)3-4-10(8)19-13/h3-5,9H,6H2,1-2H3,(H2,14,15,17)/t9-,13-/m1/s1. The van der Waals surface area contributed by atoms with Gasteiger partial charge in [0.25, 0.3) is 0 Å². The first-order valence-electron chi connectivity index (χ1n) is 6.01. The summed E-state index contributed by atoms with van der Waals surface area (Å²) in [5, 5.41) is 5.58. The topological polar surface area (TPSA) is 76.7 Å². The zero-order valence-electron chi connectivity index (χ0n) is 10.6. The highest BCUT2D eigenvalue weighted by Crippen LogP contribution is 2.40. The summed E-state index contributed by atoms with van der Waals surface area (Å²) in [4.78, 5) is 23.1. The van der Waals surface area contributed by atoms with Crippen molar-refractivity contribution < 1.29 is 19.1 Å². The molecule has 6 heteroatoms. The molecule has 1 aromatic rings. The maximum absolute atomic E-state index is 11.6. The summed E-state index contributed by atoms with van der Waals surface area (Å²) in [6, 6.07) is 4.65.